The maximum atomic E-state index is 11.7. The molecule has 3 aromatic rings. The van der Waals surface area contributed by atoms with Crippen molar-refractivity contribution in [1.29, 1.82) is 0 Å². The van der Waals surface area contributed by atoms with Gasteiger partial charge in [-0.1, -0.05) is 25.1 Å². The van der Waals surface area contributed by atoms with Crippen LogP contribution in [0.3, 0.4) is 0 Å². The second-order valence-corrected chi connectivity index (χ2v) is 5.58. The standard InChI is InChI=1S/C19H20N4O3/c1-3-12-26-16-9-5-4-8-14(16)21-22-19-15(13-18(24)25-2)20-17-10-6-7-11-23(17)19/h4-11H,3,12-13H2,1-2H3. The minimum absolute atomic E-state index is 0.0283. The van der Waals surface area contributed by atoms with Crippen LogP contribution in [-0.2, 0) is 16.0 Å². The highest BCUT2D eigenvalue weighted by atomic mass is 16.5. The molecule has 0 aliphatic rings. The van der Waals surface area contributed by atoms with Crippen LogP contribution in [0.25, 0.3) is 5.65 Å². The third kappa shape index (κ3) is 3.88. The number of pyridine rings is 1. The fourth-order valence-electron chi connectivity index (χ4n) is 2.44. The lowest BCUT2D eigenvalue weighted by Crippen LogP contribution is -2.04. The lowest BCUT2D eigenvalue weighted by atomic mass is 10.3. The molecule has 2 aromatic heterocycles. The molecule has 0 radical (unpaired) electrons. The third-order valence-corrected chi connectivity index (χ3v) is 3.69. The number of nitrogens with zero attached hydrogens (tertiary/aromatic N) is 4. The average molecular weight is 352 g/mol. The van der Waals surface area contributed by atoms with E-state index in [-0.39, 0.29) is 12.4 Å². The van der Waals surface area contributed by atoms with Crippen LogP contribution in [0.15, 0.2) is 58.9 Å². The second kappa shape index (κ2) is 8.24. The van der Waals surface area contributed by atoms with Gasteiger partial charge in [-0.25, -0.2) is 4.98 Å². The fourth-order valence-corrected chi connectivity index (χ4v) is 2.44. The van der Waals surface area contributed by atoms with Gasteiger partial charge in [-0.05, 0) is 30.7 Å². The van der Waals surface area contributed by atoms with Gasteiger partial charge in [-0.2, -0.15) is 0 Å². The van der Waals surface area contributed by atoms with E-state index < -0.39 is 0 Å². The number of fused-ring (bicyclic) bond motifs is 1. The predicted molar refractivity (Wildman–Crippen MR) is 97.3 cm³/mol. The van der Waals surface area contributed by atoms with Crippen LogP contribution in [0, 0.1) is 0 Å². The van der Waals surface area contributed by atoms with Crippen molar-refractivity contribution in [2.45, 2.75) is 19.8 Å². The fraction of sp³-hybridized carbons (Fsp3) is 0.263. The third-order valence-electron chi connectivity index (χ3n) is 3.69. The maximum absolute atomic E-state index is 11.7. The summed E-state index contributed by atoms with van der Waals surface area (Å²) in [5.41, 5.74) is 1.82. The molecule has 0 unspecified atom stereocenters. The summed E-state index contributed by atoms with van der Waals surface area (Å²) in [6.45, 7) is 2.65. The van der Waals surface area contributed by atoms with Crippen LogP contribution < -0.4 is 4.74 Å². The Hall–Kier alpha value is -3.22. The molecule has 7 nitrogen and oxygen atoms in total. The van der Waals surface area contributed by atoms with Gasteiger partial charge in [0.1, 0.15) is 17.1 Å². The lowest BCUT2D eigenvalue weighted by Gasteiger charge is -2.06. The van der Waals surface area contributed by atoms with Crippen molar-refractivity contribution in [3.8, 4) is 5.75 Å². The molecule has 0 bridgehead atoms. The number of carbonyl (C=O) groups excluding carboxylic acids is 1. The van der Waals surface area contributed by atoms with Crippen LogP contribution in [0.4, 0.5) is 11.5 Å². The van der Waals surface area contributed by atoms with Gasteiger partial charge < -0.3 is 9.47 Å². The number of imidazole rings is 1. The highest BCUT2D eigenvalue weighted by molar-refractivity contribution is 5.74. The summed E-state index contributed by atoms with van der Waals surface area (Å²) in [6, 6.07) is 13.0. The Morgan fingerprint density at radius 3 is 2.77 bits per heavy atom. The van der Waals surface area contributed by atoms with Gasteiger partial charge in [-0.3, -0.25) is 9.20 Å². The summed E-state index contributed by atoms with van der Waals surface area (Å²) in [6.07, 6.45) is 2.76. The molecule has 7 heteroatoms. The molecule has 0 spiro atoms. The molecule has 0 aliphatic heterocycles. The number of benzene rings is 1. The number of methoxy groups -OCH3 is 1. The van der Waals surface area contributed by atoms with Gasteiger partial charge in [0.25, 0.3) is 0 Å². The average Bonchev–Trinajstić information content (AvgIpc) is 3.02. The summed E-state index contributed by atoms with van der Waals surface area (Å²) in [5, 5.41) is 8.69. The Labute approximate surface area is 151 Å². The first-order chi connectivity index (χ1) is 12.7. The van der Waals surface area contributed by atoms with Gasteiger partial charge >= 0.3 is 5.97 Å². The Balaban J connectivity index is 1.99. The summed E-state index contributed by atoms with van der Waals surface area (Å²) < 4.78 is 12.2. The molecule has 0 aliphatic carbocycles. The van der Waals surface area contributed by atoms with Gasteiger partial charge in [0.2, 0.25) is 0 Å². The monoisotopic (exact) mass is 352 g/mol. The van der Waals surface area contributed by atoms with Crippen LogP contribution >= 0.6 is 0 Å². The maximum Gasteiger partial charge on any atom is 0.311 e. The lowest BCUT2D eigenvalue weighted by molar-refractivity contribution is -0.139. The SMILES string of the molecule is CCCOc1ccccc1N=Nc1c(CC(=O)OC)nc2ccccn12. The molecule has 0 saturated heterocycles. The molecule has 3 rings (SSSR count). The predicted octanol–water partition coefficient (Wildman–Crippen LogP) is 4.25. The first-order valence-electron chi connectivity index (χ1n) is 8.39. The molecule has 2 heterocycles. The molecule has 0 fully saturated rings. The molecule has 0 saturated carbocycles. The van der Waals surface area contributed by atoms with E-state index in [2.05, 4.69) is 15.2 Å². The normalized spacial score (nSPS) is 11.2. The Morgan fingerprint density at radius 1 is 1.15 bits per heavy atom. The van der Waals surface area contributed by atoms with Crippen molar-refractivity contribution in [1.82, 2.24) is 9.38 Å². The zero-order valence-corrected chi connectivity index (χ0v) is 14.8. The number of rotatable bonds is 7. The molecule has 134 valence electrons. The number of esters is 1. The van der Waals surface area contributed by atoms with Crippen molar-refractivity contribution in [2.24, 2.45) is 10.2 Å². The first-order valence-corrected chi connectivity index (χ1v) is 8.39. The number of para-hydroxylation sites is 1. The highest BCUT2D eigenvalue weighted by Crippen LogP contribution is 2.30. The largest absolute Gasteiger partial charge is 0.491 e. The molecule has 1 aromatic carbocycles. The second-order valence-electron chi connectivity index (χ2n) is 5.58. The molecular formula is C19H20N4O3. The van der Waals surface area contributed by atoms with Crippen LogP contribution in [-0.4, -0.2) is 29.1 Å². The van der Waals surface area contributed by atoms with Gasteiger partial charge in [-0.15, -0.1) is 10.2 Å². The van der Waals surface area contributed by atoms with Crippen molar-refractivity contribution in [3.63, 3.8) is 0 Å². The summed E-state index contributed by atoms with van der Waals surface area (Å²) in [5.74, 6) is 0.786. The van der Waals surface area contributed by atoms with E-state index in [1.54, 1.807) is 4.40 Å². The Kier molecular flexibility index (Phi) is 5.58. The van der Waals surface area contributed by atoms with Crippen molar-refractivity contribution < 1.29 is 14.3 Å². The van der Waals surface area contributed by atoms with Crippen molar-refractivity contribution in [3.05, 3.63) is 54.4 Å². The van der Waals surface area contributed by atoms with Gasteiger partial charge in [0.05, 0.1) is 25.8 Å². The van der Waals surface area contributed by atoms with E-state index in [9.17, 15) is 4.79 Å². The Morgan fingerprint density at radius 2 is 1.96 bits per heavy atom. The highest BCUT2D eigenvalue weighted by Gasteiger charge is 2.15. The number of carbonyl (C=O) groups is 1. The minimum Gasteiger partial charge on any atom is -0.491 e. The van der Waals surface area contributed by atoms with E-state index in [0.717, 1.165) is 6.42 Å². The van der Waals surface area contributed by atoms with E-state index in [4.69, 9.17) is 9.47 Å². The zero-order chi connectivity index (χ0) is 18.4. The number of ether oxygens (including phenoxy) is 2. The van der Waals surface area contributed by atoms with Crippen LogP contribution in [0.2, 0.25) is 0 Å². The summed E-state index contributed by atoms with van der Waals surface area (Å²) in [4.78, 5) is 16.2. The first kappa shape index (κ1) is 17.6. The molecule has 0 N–H and O–H groups in total. The Bertz CT molecular complexity index is 933. The minimum atomic E-state index is -0.378. The zero-order valence-electron chi connectivity index (χ0n) is 14.8. The molecule has 0 atom stereocenters. The number of azo groups is 1. The molecule has 0 amide bonds. The topological polar surface area (TPSA) is 77.5 Å². The van der Waals surface area contributed by atoms with Crippen LogP contribution in [0.1, 0.15) is 19.0 Å². The van der Waals surface area contributed by atoms with E-state index in [0.29, 0.717) is 35.2 Å². The quantitative estimate of drug-likeness (QED) is 0.470. The summed E-state index contributed by atoms with van der Waals surface area (Å²) in [7, 11) is 1.35. The smallest absolute Gasteiger partial charge is 0.311 e. The van der Waals surface area contributed by atoms with Gasteiger partial charge in [0, 0.05) is 6.20 Å². The van der Waals surface area contributed by atoms with Crippen molar-refractivity contribution in [2.75, 3.05) is 13.7 Å². The van der Waals surface area contributed by atoms with Crippen molar-refractivity contribution >= 4 is 23.1 Å². The van der Waals surface area contributed by atoms with Gasteiger partial charge in [0.15, 0.2) is 5.82 Å². The number of hydrogen-bond donors (Lipinski definition) is 0. The molecular weight excluding hydrogens is 332 g/mol. The number of aromatic nitrogens is 2. The van der Waals surface area contributed by atoms with Crippen LogP contribution in [0.5, 0.6) is 5.75 Å². The van der Waals surface area contributed by atoms with E-state index in [1.165, 1.54) is 7.11 Å². The molecule has 26 heavy (non-hydrogen) atoms. The van der Waals surface area contributed by atoms with E-state index in [1.807, 2.05) is 55.6 Å². The summed E-state index contributed by atoms with van der Waals surface area (Å²) >= 11 is 0. The van der Waals surface area contributed by atoms with E-state index >= 15 is 0 Å². The number of hydrogen-bond acceptors (Lipinski definition) is 6.